The maximum Gasteiger partial charge on any atom is 0.264 e. The van der Waals surface area contributed by atoms with Crippen LogP contribution in [0.15, 0.2) is 47.4 Å². The Labute approximate surface area is 144 Å². The van der Waals surface area contributed by atoms with Crippen molar-refractivity contribution in [3.8, 4) is 5.75 Å². The van der Waals surface area contributed by atoms with Gasteiger partial charge >= 0.3 is 0 Å². The van der Waals surface area contributed by atoms with E-state index in [1.165, 1.54) is 29.2 Å². The predicted molar refractivity (Wildman–Crippen MR) is 87.8 cm³/mol. The van der Waals surface area contributed by atoms with Crippen molar-refractivity contribution in [2.75, 3.05) is 25.4 Å². The highest BCUT2D eigenvalue weighted by molar-refractivity contribution is 7.92. The standard InChI is InChI=1S/C16H16F2N2O4S/c1-20(2)16(21)10-24-13-6-4-12(5-7-13)19-25(22,23)15-9-11(17)3-8-14(15)18/h3-9,19H,10H2,1-2H3. The van der Waals surface area contributed by atoms with E-state index >= 15 is 0 Å². The van der Waals surface area contributed by atoms with Gasteiger partial charge in [-0.2, -0.15) is 0 Å². The quantitative estimate of drug-likeness (QED) is 0.846. The number of benzene rings is 2. The average Bonchev–Trinajstić information content (AvgIpc) is 2.55. The van der Waals surface area contributed by atoms with E-state index in [0.717, 1.165) is 12.1 Å². The SMILES string of the molecule is CN(C)C(=O)COc1ccc(NS(=O)(=O)c2cc(F)ccc2F)cc1. The van der Waals surface area contributed by atoms with Gasteiger partial charge in [0.05, 0.1) is 0 Å². The normalized spacial score (nSPS) is 11.0. The molecule has 2 rings (SSSR count). The molecule has 0 spiro atoms. The molecule has 1 amide bonds. The van der Waals surface area contributed by atoms with E-state index in [-0.39, 0.29) is 18.2 Å². The maximum absolute atomic E-state index is 13.6. The van der Waals surface area contributed by atoms with Gasteiger partial charge in [-0.1, -0.05) is 0 Å². The van der Waals surface area contributed by atoms with Crippen LogP contribution in [0.5, 0.6) is 5.75 Å². The summed E-state index contributed by atoms with van der Waals surface area (Å²) in [5.74, 6) is -1.80. The first-order valence-electron chi connectivity index (χ1n) is 7.10. The second kappa shape index (κ2) is 7.47. The Balaban J connectivity index is 2.10. The third kappa shape index (κ3) is 4.90. The number of carbonyl (C=O) groups excluding carboxylic acids is 1. The van der Waals surface area contributed by atoms with Gasteiger partial charge in [0.15, 0.2) is 6.61 Å². The summed E-state index contributed by atoms with van der Waals surface area (Å²) >= 11 is 0. The van der Waals surface area contributed by atoms with E-state index in [9.17, 15) is 22.0 Å². The number of nitrogens with zero attached hydrogens (tertiary/aromatic N) is 1. The number of hydrogen-bond donors (Lipinski definition) is 1. The summed E-state index contributed by atoms with van der Waals surface area (Å²) in [6.45, 7) is -0.160. The number of anilines is 1. The van der Waals surface area contributed by atoms with Crippen molar-refractivity contribution in [3.63, 3.8) is 0 Å². The van der Waals surface area contributed by atoms with Gasteiger partial charge in [-0.25, -0.2) is 17.2 Å². The number of halogens is 2. The second-order valence-electron chi connectivity index (χ2n) is 5.28. The summed E-state index contributed by atoms with van der Waals surface area (Å²) in [6.07, 6.45) is 0. The molecule has 134 valence electrons. The lowest BCUT2D eigenvalue weighted by atomic mass is 10.3. The fourth-order valence-corrected chi connectivity index (χ4v) is 2.94. The van der Waals surface area contributed by atoms with Crippen LogP contribution in [0.2, 0.25) is 0 Å². The van der Waals surface area contributed by atoms with Crippen LogP contribution in [0.25, 0.3) is 0 Å². The molecule has 0 fully saturated rings. The Hall–Kier alpha value is -2.68. The van der Waals surface area contributed by atoms with Crippen LogP contribution in [0.3, 0.4) is 0 Å². The molecular weight excluding hydrogens is 354 g/mol. The van der Waals surface area contributed by atoms with E-state index in [2.05, 4.69) is 4.72 Å². The molecular formula is C16H16F2N2O4S. The highest BCUT2D eigenvalue weighted by Crippen LogP contribution is 2.21. The predicted octanol–water partition coefficient (Wildman–Crippen LogP) is 2.23. The van der Waals surface area contributed by atoms with Crippen molar-refractivity contribution < 1.29 is 26.7 Å². The molecule has 0 aliphatic carbocycles. The number of nitrogens with one attached hydrogen (secondary N) is 1. The molecule has 2 aromatic rings. The smallest absolute Gasteiger partial charge is 0.264 e. The van der Waals surface area contributed by atoms with E-state index in [4.69, 9.17) is 4.74 Å². The molecule has 0 saturated carbocycles. The number of carbonyl (C=O) groups is 1. The first-order valence-corrected chi connectivity index (χ1v) is 8.58. The highest BCUT2D eigenvalue weighted by atomic mass is 32.2. The molecule has 6 nitrogen and oxygen atoms in total. The first-order chi connectivity index (χ1) is 11.7. The van der Waals surface area contributed by atoms with E-state index in [0.29, 0.717) is 11.8 Å². The second-order valence-corrected chi connectivity index (χ2v) is 6.93. The van der Waals surface area contributed by atoms with Crippen molar-refractivity contribution in [1.82, 2.24) is 4.90 Å². The Kier molecular flexibility index (Phi) is 5.58. The Bertz CT molecular complexity index is 868. The number of hydrogen-bond acceptors (Lipinski definition) is 4. The highest BCUT2D eigenvalue weighted by Gasteiger charge is 2.20. The zero-order chi connectivity index (χ0) is 18.6. The van der Waals surface area contributed by atoms with Crippen LogP contribution in [-0.2, 0) is 14.8 Å². The van der Waals surface area contributed by atoms with Crippen LogP contribution in [0.1, 0.15) is 0 Å². The monoisotopic (exact) mass is 370 g/mol. The van der Waals surface area contributed by atoms with Gasteiger partial charge in [-0.05, 0) is 42.5 Å². The molecule has 0 atom stereocenters. The minimum atomic E-state index is -4.28. The Morgan fingerprint density at radius 3 is 2.36 bits per heavy atom. The summed E-state index contributed by atoms with van der Waals surface area (Å²) in [5.41, 5.74) is 0.134. The molecule has 0 aliphatic heterocycles. The van der Waals surface area contributed by atoms with Gasteiger partial charge in [0, 0.05) is 19.8 Å². The molecule has 25 heavy (non-hydrogen) atoms. The molecule has 0 bridgehead atoms. The van der Waals surface area contributed by atoms with Crippen LogP contribution in [0, 0.1) is 11.6 Å². The van der Waals surface area contributed by atoms with Crippen LogP contribution in [0.4, 0.5) is 14.5 Å². The maximum atomic E-state index is 13.6. The van der Waals surface area contributed by atoms with Gasteiger partial charge in [0.2, 0.25) is 0 Å². The lowest BCUT2D eigenvalue weighted by Crippen LogP contribution is -2.27. The molecule has 2 aromatic carbocycles. The number of rotatable bonds is 6. The summed E-state index contributed by atoms with van der Waals surface area (Å²) < 4.78 is 58.5. The van der Waals surface area contributed by atoms with Gasteiger partial charge in [0.25, 0.3) is 15.9 Å². The molecule has 0 unspecified atom stereocenters. The number of ether oxygens (including phenoxy) is 1. The summed E-state index contributed by atoms with van der Waals surface area (Å²) in [5, 5.41) is 0. The van der Waals surface area contributed by atoms with Crippen molar-refractivity contribution in [3.05, 3.63) is 54.1 Å². The van der Waals surface area contributed by atoms with Gasteiger partial charge in [0.1, 0.15) is 22.3 Å². The van der Waals surface area contributed by atoms with E-state index in [1.54, 1.807) is 14.1 Å². The number of likely N-dealkylation sites (N-methyl/N-ethyl adjacent to an activating group) is 1. The summed E-state index contributed by atoms with van der Waals surface area (Å²) in [7, 11) is -1.10. The van der Waals surface area contributed by atoms with Gasteiger partial charge in [-0.15, -0.1) is 0 Å². The van der Waals surface area contributed by atoms with Crippen molar-refractivity contribution in [2.24, 2.45) is 0 Å². The summed E-state index contributed by atoms with van der Waals surface area (Å²) in [4.78, 5) is 12.0. The minimum absolute atomic E-state index is 0.134. The molecule has 9 heteroatoms. The Morgan fingerprint density at radius 1 is 1.12 bits per heavy atom. The van der Waals surface area contributed by atoms with Gasteiger partial charge in [-0.3, -0.25) is 9.52 Å². The van der Waals surface area contributed by atoms with Crippen molar-refractivity contribution >= 4 is 21.6 Å². The lowest BCUT2D eigenvalue weighted by molar-refractivity contribution is -0.130. The van der Waals surface area contributed by atoms with Crippen molar-refractivity contribution in [1.29, 1.82) is 0 Å². The number of sulfonamides is 1. The zero-order valence-electron chi connectivity index (χ0n) is 13.5. The number of amides is 1. The lowest BCUT2D eigenvalue weighted by Gasteiger charge is -2.12. The van der Waals surface area contributed by atoms with E-state index < -0.39 is 26.6 Å². The minimum Gasteiger partial charge on any atom is -0.484 e. The Morgan fingerprint density at radius 2 is 1.76 bits per heavy atom. The molecule has 0 aliphatic rings. The molecule has 0 saturated heterocycles. The molecule has 0 radical (unpaired) electrons. The molecule has 1 N–H and O–H groups in total. The first kappa shape index (κ1) is 18.7. The largest absolute Gasteiger partial charge is 0.484 e. The van der Waals surface area contributed by atoms with E-state index in [1.807, 2.05) is 0 Å². The van der Waals surface area contributed by atoms with Crippen LogP contribution < -0.4 is 9.46 Å². The van der Waals surface area contributed by atoms with Crippen LogP contribution >= 0.6 is 0 Å². The fourth-order valence-electron chi connectivity index (χ4n) is 1.79. The topological polar surface area (TPSA) is 75.7 Å². The summed E-state index contributed by atoms with van der Waals surface area (Å²) in [6, 6.07) is 7.82. The van der Waals surface area contributed by atoms with Crippen molar-refractivity contribution in [2.45, 2.75) is 4.90 Å². The average molecular weight is 370 g/mol. The fraction of sp³-hybridized carbons (Fsp3) is 0.188. The molecule has 0 heterocycles. The third-order valence-electron chi connectivity index (χ3n) is 3.15. The zero-order valence-corrected chi connectivity index (χ0v) is 14.3. The van der Waals surface area contributed by atoms with Gasteiger partial charge < -0.3 is 9.64 Å². The molecule has 0 aromatic heterocycles. The van der Waals surface area contributed by atoms with Crippen LogP contribution in [-0.4, -0.2) is 39.9 Å². The third-order valence-corrected chi connectivity index (χ3v) is 4.55.